The number of aryl methyl sites for hydroxylation is 1. The fourth-order valence-corrected chi connectivity index (χ4v) is 3.64. The molecule has 1 aromatic carbocycles. The van der Waals surface area contributed by atoms with Gasteiger partial charge >= 0.3 is 0 Å². The summed E-state index contributed by atoms with van der Waals surface area (Å²) in [6, 6.07) is 4.82. The highest BCUT2D eigenvalue weighted by Gasteiger charge is 2.21. The lowest BCUT2D eigenvalue weighted by atomic mass is 10.2. The first-order valence-corrected chi connectivity index (χ1v) is 9.39. The minimum atomic E-state index is -0.351. The van der Waals surface area contributed by atoms with Crippen LogP contribution in [-0.4, -0.2) is 21.7 Å². The van der Waals surface area contributed by atoms with Crippen LogP contribution in [0.3, 0.4) is 0 Å². The van der Waals surface area contributed by atoms with E-state index in [-0.39, 0.29) is 18.0 Å². The van der Waals surface area contributed by atoms with Gasteiger partial charge in [0.25, 0.3) is 5.56 Å². The molecule has 1 N–H and O–H groups in total. The predicted octanol–water partition coefficient (Wildman–Crippen LogP) is 3.40. The van der Waals surface area contributed by atoms with Crippen LogP contribution in [0.1, 0.15) is 17.7 Å². The highest BCUT2D eigenvalue weighted by Crippen LogP contribution is 2.25. The summed E-state index contributed by atoms with van der Waals surface area (Å²) in [5.74, 6) is -0.351. The molecule has 1 aromatic heterocycles. The van der Waals surface area contributed by atoms with E-state index in [0.29, 0.717) is 20.9 Å². The van der Waals surface area contributed by atoms with Crippen molar-refractivity contribution in [3.05, 3.63) is 49.9 Å². The standard InChI is InChI=1S/C16H15Cl2N3O2S/c1-24-16-20-12-4-2-3-10(12)15(23)21(16)8-14(22)19-13-7-9(17)5-6-11(13)18/h5-7H,2-4,8H2,1H3,(H,19,22). The summed E-state index contributed by atoms with van der Waals surface area (Å²) in [6.45, 7) is -0.113. The van der Waals surface area contributed by atoms with Gasteiger partial charge in [0.2, 0.25) is 5.91 Å². The average Bonchev–Trinajstić information content (AvgIpc) is 3.02. The largest absolute Gasteiger partial charge is 0.323 e. The number of fused-ring (bicyclic) bond motifs is 1. The molecule has 3 rings (SSSR count). The normalized spacial score (nSPS) is 13.0. The second kappa shape index (κ2) is 7.17. The number of benzene rings is 1. The number of halogens is 2. The summed E-state index contributed by atoms with van der Waals surface area (Å²) < 4.78 is 1.42. The van der Waals surface area contributed by atoms with Crippen LogP contribution >= 0.6 is 35.0 Å². The average molecular weight is 384 g/mol. The molecule has 0 atom stereocenters. The Morgan fingerprint density at radius 1 is 1.38 bits per heavy atom. The minimum Gasteiger partial charge on any atom is -0.323 e. The molecule has 8 heteroatoms. The Kier molecular flexibility index (Phi) is 5.18. The maximum Gasteiger partial charge on any atom is 0.258 e. The van der Waals surface area contributed by atoms with Crippen LogP contribution in [0.25, 0.3) is 0 Å². The van der Waals surface area contributed by atoms with Crippen molar-refractivity contribution in [1.82, 2.24) is 9.55 Å². The van der Waals surface area contributed by atoms with E-state index in [1.54, 1.807) is 18.2 Å². The lowest BCUT2D eigenvalue weighted by Crippen LogP contribution is -2.32. The monoisotopic (exact) mass is 383 g/mol. The van der Waals surface area contributed by atoms with Crippen LogP contribution in [0, 0.1) is 0 Å². The van der Waals surface area contributed by atoms with E-state index in [2.05, 4.69) is 10.3 Å². The van der Waals surface area contributed by atoms with Crippen molar-refractivity contribution in [2.75, 3.05) is 11.6 Å². The maximum atomic E-state index is 12.6. The number of rotatable bonds is 4. The van der Waals surface area contributed by atoms with E-state index in [0.717, 1.165) is 30.5 Å². The number of carbonyl (C=O) groups excluding carboxylic acids is 1. The zero-order valence-electron chi connectivity index (χ0n) is 12.9. The van der Waals surface area contributed by atoms with E-state index in [9.17, 15) is 9.59 Å². The van der Waals surface area contributed by atoms with Gasteiger partial charge in [0, 0.05) is 10.6 Å². The fourth-order valence-electron chi connectivity index (χ4n) is 2.73. The molecule has 0 aliphatic heterocycles. The molecule has 1 amide bonds. The Bertz CT molecular complexity index is 867. The lowest BCUT2D eigenvalue weighted by molar-refractivity contribution is -0.116. The molecule has 24 heavy (non-hydrogen) atoms. The van der Waals surface area contributed by atoms with Gasteiger partial charge in [-0.3, -0.25) is 14.2 Å². The van der Waals surface area contributed by atoms with Gasteiger partial charge < -0.3 is 5.32 Å². The summed E-state index contributed by atoms with van der Waals surface area (Å²) in [4.78, 5) is 29.5. The molecule has 1 aliphatic rings. The number of nitrogens with zero attached hydrogens (tertiary/aromatic N) is 2. The molecule has 0 saturated carbocycles. The van der Waals surface area contributed by atoms with Crippen LogP contribution in [0.2, 0.25) is 10.0 Å². The van der Waals surface area contributed by atoms with Crippen molar-refractivity contribution in [3.63, 3.8) is 0 Å². The summed E-state index contributed by atoms with van der Waals surface area (Å²) >= 11 is 13.3. The summed E-state index contributed by atoms with van der Waals surface area (Å²) in [6.07, 6.45) is 4.31. The first-order chi connectivity index (χ1) is 11.5. The maximum absolute atomic E-state index is 12.6. The van der Waals surface area contributed by atoms with Crippen LogP contribution in [0.4, 0.5) is 5.69 Å². The summed E-state index contributed by atoms with van der Waals surface area (Å²) in [5, 5.41) is 4.10. The Labute approximate surface area is 153 Å². The SMILES string of the molecule is CSc1nc2c(c(=O)n1CC(=O)Nc1cc(Cl)ccc1Cl)CCC2. The van der Waals surface area contributed by atoms with Crippen LogP contribution in [0.5, 0.6) is 0 Å². The summed E-state index contributed by atoms with van der Waals surface area (Å²) in [5.41, 5.74) is 1.87. The quantitative estimate of drug-likeness (QED) is 0.648. The number of amides is 1. The fraction of sp³-hybridized carbons (Fsp3) is 0.312. The van der Waals surface area contributed by atoms with E-state index in [1.807, 2.05) is 6.26 Å². The third-order valence-corrected chi connectivity index (χ3v) is 5.08. The molecule has 2 aromatic rings. The highest BCUT2D eigenvalue weighted by atomic mass is 35.5. The Morgan fingerprint density at radius 3 is 2.92 bits per heavy atom. The number of thioether (sulfide) groups is 1. The Balaban J connectivity index is 1.87. The number of hydrogen-bond acceptors (Lipinski definition) is 4. The topological polar surface area (TPSA) is 64.0 Å². The third-order valence-electron chi connectivity index (χ3n) is 3.84. The molecule has 0 saturated heterocycles. The Hall–Kier alpha value is -1.50. The second-order valence-electron chi connectivity index (χ2n) is 5.44. The molecule has 0 spiro atoms. The van der Waals surface area contributed by atoms with Gasteiger partial charge in [-0.2, -0.15) is 0 Å². The van der Waals surface area contributed by atoms with Crippen molar-refractivity contribution in [1.29, 1.82) is 0 Å². The van der Waals surface area contributed by atoms with Crippen LogP contribution in [0.15, 0.2) is 28.2 Å². The minimum absolute atomic E-state index is 0.113. The highest BCUT2D eigenvalue weighted by molar-refractivity contribution is 7.98. The molecule has 0 radical (unpaired) electrons. The number of nitrogens with one attached hydrogen (secondary N) is 1. The summed E-state index contributed by atoms with van der Waals surface area (Å²) in [7, 11) is 0. The van der Waals surface area contributed by atoms with Crippen molar-refractivity contribution < 1.29 is 4.79 Å². The number of aromatic nitrogens is 2. The van der Waals surface area contributed by atoms with Gasteiger partial charge in [-0.05, 0) is 43.7 Å². The van der Waals surface area contributed by atoms with E-state index >= 15 is 0 Å². The first kappa shape index (κ1) is 17.3. The number of hydrogen-bond donors (Lipinski definition) is 1. The third kappa shape index (κ3) is 3.45. The number of anilines is 1. The van der Waals surface area contributed by atoms with Gasteiger partial charge in [0.1, 0.15) is 6.54 Å². The Morgan fingerprint density at radius 2 is 2.17 bits per heavy atom. The molecule has 5 nitrogen and oxygen atoms in total. The van der Waals surface area contributed by atoms with Crippen LogP contribution < -0.4 is 10.9 Å². The first-order valence-electron chi connectivity index (χ1n) is 7.41. The lowest BCUT2D eigenvalue weighted by Gasteiger charge is -2.13. The molecule has 0 fully saturated rings. The number of carbonyl (C=O) groups is 1. The molecule has 126 valence electrons. The van der Waals surface area contributed by atoms with Crippen LogP contribution in [-0.2, 0) is 24.2 Å². The van der Waals surface area contributed by atoms with Gasteiger partial charge in [0.05, 0.1) is 16.4 Å². The van der Waals surface area contributed by atoms with Crippen molar-refractivity contribution in [3.8, 4) is 0 Å². The molecule has 1 aliphatic carbocycles. The zero-order chi connectivity index (χ0) is 17.3. The van der Waals surface area contributed by atoms with E-state index in [1.165, 1.54) is 16.3 Å². The van der Waals surface area contributed by atoms with Gasteiger partial charge in [-0.1, -0.05) is 35.0 Å². The molecule has 0 unspecified atom stereocenters. The van der Waals surface area contributed by atoms with Crippen molar-refractivity contribution >= 4 is 46.6 Å². The molecule has 1 heterocycles. The smallest absolute Gasteiger partial charge is 0.258 e. The van der Waals surface area contributed by atoms with E-state index in [4.69, 9.17) is 23.2 Å². The van der Waals surface area contributed by atoms with Gasteiger partial charge in [0.15, 0.2) is 5.16 Å². The van der Waals surface area contributed by atoms with Crippen molar-refractivity contribution in [2.45, 2.75) is 31.0 Å². The van der Waals surface area contributed by atoms with Gasteiger partial charge in [-0.15, -0.1) is 0 Å². The van der Waals surface area contributed by atoms with Gasteiger partial charge in [-0.25, -0.2) is 4.98 Å². The molecular weight excluding hydrogens is 369 g/mol. The molecular formula is C16H15Cl2N3O2S. The van der Waals surface area contributed by atoms with E-state index < -0.39 is 0 Å². The predicted molar refractivity (Wildman–Crippen MR) is 97.4 cm³/mol. The molecule has 0 bridgehead atoms. The zero-order valence-corrected chi connectivity index (χ0v) is 15.3. The second-order valence-corrected chi connectivity index (χ2v) is 7.06. The van der Waals surface area contributed by atoms with Crippen molar-refractivity contribution in [2.24, 2.45) is 0 Å².